The van der Waals surface area contributed by atoms with Crippen molar-refractivity contribution < 1.29 is 9.18 Å². The van der Waals surface area contributed by atoms with Crippen molar-refractivity contribution in [2.75, 3.05) is 0 Å². The normalized spacial score (nSPS) is 11.4. The van der Waals surface area contributed by atoms with Crippen LogP contribution in [0, 0.1) is 5.82 Å². The molecular weight excluding hydrogens is 323 g/mol. The number of hydrogen-bond donors (Lipinski definition) is 1. The molecule has 0 aliphatic carbocycles. The molecule has 0 saturated heterocycles. The summed E-state index contributed by atoms with van der Waals surface area (Å²) in [5.74, 6) is -0.493. The zero-order valence-electron chi connectivity index (χ0n) is 12.5. The summed E-state index contributed by atoms with van der Waals surface area (Å²) >= 11 is 1.60. The van der Waals surface area contributed by atoms with Gasteiger partial charge in [0, 0.05) is 22.8 Å². The first-order valence-electron chi connectivity index (χ1n) is 7.19. The van der Waals surface area contributed by atoms with E-state index in [2.05, 4.69) is 10.3 Å². The minimum absolute atomic E-state index is 0. The Labute approximate surface area is 145 Å². The maximum atomic E-state index is 13.0. The van der Waals surface area contributed by atoms with E-state index in [1.165, 1.54) is 12.1 Å². The molecule has 1 amide bonds. The van der Waals surface area contributed by atoms with Gasteiger partial charge in [0.25, 0.3) is 5.91 Å². The van der Waals surface area contributed by atoms with Crippen LogP contribution in [0.2, 0.25) is 0 Å². The summed E-state index contributed by atoms with van der Waals surface area (Å²) in [6, 6.07) is 11.7. The highest BCUT2D eigenvalue weighted by Crippen LogP contribution is 2.24. The van der Waals surface area contributed by atoms with E-state index >= 15 is 0 Å². The Morgan fingerprint density at radius 1 is 1.21 bits per heavy atom. The van der Waals surface area contributed by atoms with Crippen LogP contribution < -0.4 is 5.32 Å². The number of amides is 1. The molecule has 1 atom stereocenters. The lowest BCUT2D eigenvalue weighted by Gasteiger charge is -2.14. The maximum Gasteiger partial charge on any atom is 0.253 e. The largest absolute Gasteiger partial charge is 0.345 e. The minimum atomic E-state index is -0.292. The molecule has 3 rings (SSSR count). The molecule has 24 heavy (non-hydrogen) atoms. The number of rotatable bonds is 4. The molecule has 124 valence electrons. The lowest BCUT2D eigenvalue weighted by atomic mass is 10.1. The summed E-state index contributed by atoms with van der Waals surface area (Å²) in [6.45, 7) is 1.86. The van der Waals surface area contributed by atoms with Crippen LogP contribution in [-0.2, 0) is 0 Å². The molecule has 3 aromatic rings. The van der Waals surface area contributed by atoms with E-state index < -0.39 is 0 Å². The molecule has 3 nitrogen and oxygen atoms in total. The van der Waals surface area contributed by atoms with Crippen molar-refractivity contribution in [2.45, 2.75) is 20.4 Å². The van der Waals surface area contributed by atoms with Crippen molar-refractivity contribution in [1.82, 2.24) is 10.3 Å². The Balaban J connectivity index is 0.00000208. The molecule has 0 aliphatic heterocycles. The molecule has 0 saturated carbocycles. The Bertz CT molecular complexity index is 800. The predicted octanol–water partition coefficient (Wildman–Crippen LogP) is 5.08. The zero-order valence-corrected chi connectivity index (χ0v) is 13.3. The lowest BCUT2D eigenvalue weighted by Crippen LogP contribution is -2.26. The average molecular weight is 342 g/mol. The van der Waals surface area contributed by atoms with Gasteiger partial charge in [-0.15, -0.1) is 11.3 Å². The summed E-state index contributed by atoms with van der Waals surface area (Å²) in [6.07, 6.45) is 3.29. The fourth-order valence-electron chi connectivity index (χ4n) is 2.26. The van der Waals surface area contributed by atoms with E-state index in [1.54, 1.807) is 35.9 Å². The number of pyridine rings is 1. The van der Waals surface area contributed by atoms with E-state index in [1.807, 2.05) is 30.5 Å². The average Bonchev–Trinajstić information content (AvgIpc) is 3.10. The van der Waals surface area contributed by atoms with Crippen LogP contribution in [-0.4, -0.2) is 10.9 Å². The fourth-order valence-corrected chi connectivity index (χ4v) is 2.97. The summed E-state index contributed by atoms with van der Waals surface area (Å²) in [5.41, 5.74) is 2.27. The molecule has 2 aromatic heterocycles. The highest BCUT2D eigenvalue weighted by Gasteiger charge is 2.13. The number of hydrogen-bond acceptors (Lipinski definition) is 3. The van der Waals surface area contributed by atoms with Gasteiger partial charge in [0.15, 0.2) is 0 Å². The maximum absolute atomic E-state index is 13.0. The van der Waals surface area contributed by atoms with E-state index in [0.29, 0.717) is 5.56 Å². The Hall–Kier alpha value is -2.53. The first-order valence-corrected chi connectivity index (χ1v) is 8.07. The lowest BCUT2D eigenvalue weighted by molar-refractivity contribution is 0.0939. The number of halogens is 1. The van der Waals surface area contributed by atoms with E-state index in [-0.39, 0.29) is 25.2 Å². The van der Waals surface area contributed by atoms with E-state index in [0.717, 1.165) is 16.0 Å². The molecule has 0 bridgehead atoms. The first kappa shape index (κ1) is 17.8. The number of nitrogens with one attached hydrogen (secondary N) is 1. The monoisotopic (exact) mass is 342 g/mol. The van der Waals surface area contributed by atoms with Gasteiger partial charge in [-0.3, -0.25) is 9.78 Å². The van der Waals surface area contributed by atoms with Gasteiger partial charge in [0.1, 0.15) is 5.82 Å². The standard InChI is InChI=1S/C18H15FN2OS.CH4/c1-12(13-4-6-16(19)7-5-13)21-18(22)15-9-14(10-20-11-15)17-3-2-8-23-17;/h2-12H,1H3,(H,21,22);1H4. The molecule has 1 aromatic carbocycles. The smallest absolute Gasteiger partial charge is 0.253 e. The first-order chi connectivity index (χ1) is 11.1. The van der Waals surface area contributed by atoms with Crippen LogP contribution in [0.1, 0.15) is 36.3 Å². The predicted molar refractivity (Wildman–Crippen MR) is 96.6 cm³/mol. The van der Waals surface area contributed by atoms with E-state index in [4.69, 9.17) is 0 Å². The van der Waals surface area contributed by atoms with Crippen LogP contribution >= 0.6 is 11.3 Å². The SMILES string of the molecule is C.CC(NC(=O)c1cncc(-c2cccs2)c1)c1ccc(F)cc1. The molecule has 0 radical (unpaired) electrons. The topological polar surface area (TPSA) is 42.0 Å². The zero-order chi connectivity index (χ0) is 16.2. The quantitative estimate of drug-likeness (QED) is 0.719. The van der Waals surface area contributed by atoms with Gasteiger partial charge < -0.3 is 5.32 Å². The summed E-state index contributed by atoms with van der Waals surface area (Å²) < 4.78 is 13.0. The van der Waals surface area contributed by atoms with Crippen molar-refractivity contribution in [3.05, 3.63) is 77.2 Å². The number of carbonyl (C=O) groups excluding carboxylic acids is 1. The number of nitrogens with zero attached hydrogens (tertiary/aromatic N) is 1. The van der Waals surface area contributed by atoms with Gasteiger partial charge in [-0.1, -0.05) is 25.6 Å². The Morgan fingerprint density at radius 2 is 1.96 bits per heavy atom. The van der Waals surface area contributed by atoms with Gasteiger partial charge >= 0.3 is 0 Å². The third-order valence-electron chi connectivity index (χ3n) is 3.52. The molecule has 1 unspecified atom stereocenters. The van der Waals surface area contributed by atoms with Gasteiger partial charge in [-0.25, -0.2) is 4.39 Å². The van der Waals surface area contributed by atoms with Crippen molar-refractivity contribution in [1.29, 1.82) is 0 Å². The number of carbonyl (C=O) groups is 1. The van der Waals surface area contributed by atoms with Crippen LogP contribution in [0.3, 0.4) is 0 Å². The van der Waals surface area contributed by atoms with E-state index in [9.17, 15) is 9.18 Å². The molecular formula is C19H19FN2OS. The summed E-state index contributed by atoms with van der Waals surface area (Å²) in [4.78, 5) is 17.6. The molecule has 5 heteroatoms. The second-order valence-corrected chi connectivity index (χ2v) is 6.13. The number of thiophene rings is 1. The number of aromatic nitrogens is 1. The van der Waals surface area contributed by atoms with Crippen LogP contribution in [0.15, 0.2) is 60.2 Å². The van der Waals surface area contributed by atoms with Gasteiger partial charge in [-0.2, -0.15) is 0 Å². The molecule has 0 aliphatic rings. The van der Waals surface area contributed by atoms with Gasteiger partial charge in [0.05, 0.1) is 11.6 Å². The van der Waals surface area contributed by atoms with Crippen molar-refractivity contribution in [3.63, 3.8) is 0 Å². The van der Waals surface area contributed by atoms with Crippen LogP contribution in [0.4, 0.5) is 4.39 Å². The molecule has 1 N–H and O–H groups in total. The highest BCUT2D eigenvalue weighted by molar-refractivity contribution is 7.13. The third-order valence-corrected chi connectivity index (χ3v) is 4.44. The fraction of sp³-hybridized carbons (Fsp3) is 0.158. The molecule has 0 spiro atoms. The van der Waals surface area contributed by atoms with Crippen LogP contribution in [0.5, 0.6) is 0 Å². The minimum Gasteiger partial charge on any atom is -0.345 e. The number of benzene rings is 1. The summed E-state index contributed by atoms with van der Waals surface area (Å²) in [7, 11) is 0. The molecule has 0 fully saturated rings. The van der Waals surface area contributed by atoms with Gasteiger partial charge in [0.2, 0.25) is 0 Å². The highest BCUT2D eigenvalue weighted by atomic mass is 32.1. The van der Waals surface area contributed by atoms with Crippen LogP contribution in [0.25, 0.3) is 10.4 Å². The molecule has 2 heterocycles. The van der Waals surface area contributed by atoms with Gasteiger partial charge in [-0.05, 0) is 42.1 Å². The summed E-state index contributed by atoms with van der Waals surface area (Å²) in [5, 5.41) is 4.89. The Morgan fingerprint density at radius 3 is 2.62 bits per heavy atom. The van der Waals surface area contributed by atoms with Crippen molar-refractivity contribution >= 4 is 17.2 Å². The Kier molecular flexibility index (Phi) is 5.82. The third kappa shape index (κ3) is 4.06. The second-order valence-electron chi connectivity index (χ2n) is 5.19. The van der Waals surface area contributed by atoms with Crippen molar-refractivity contribution in [2.24, 2.45) is 0 Å². The van der Waals surface area contributed by atoms with Crippen molar-refractivity contribution in [3.8, 4) is 10.4 Å². The second kappa shape index (κ2) is 7.84.